The smallest absolute Gasteiger partial charge is 0.228 e. The van der Waals surface area contributed by atoms with Gasteiger partial charge in [0, 0.05) is 0 Å². The number of aromatic nitrogens is 2. The molecule has 2 aromatic rings. The summed E-state index contributed by atoms with van der Waals surface area (Å²) >= 11 is 5.49. The number of halogens is 3. The lowest BCUT2D eigenvalue weighted by atomic mass is 10.1. The van der Waals surface area contributed by atoms with Gasteiger partial charge in [-0.1, -0.05) is 31.5 Å². The molecule has 7 heteroatoms. The molecule has 1 aromatic carbocycles. The van der Waals surface area contributed by atoms with Gasteiger partial charge in [0.15, 0.2) is 0 Å². The summed E-state index contributed by atoms with van der Waals surface area (Å²) in [5.41, 5.74) is 1.17. The molecule has 1 heterocycles. The predicted molar refractivity (Wildman–Crippen MR) is 79.8 cm³/mol. The summed E-state index contributed by atoms with van der Waals surface area (Å²) in [7, 11) is 0. The molecule has 1 amide bonds. The largest absolute Gasteiger partial charge is 0.323 e. The van der Waals surface area contributed by atoms with Gasteiger partial charge in [0.2, 0.25) is 5.91 Å². The monoisotopic (exact) mass is 325 g/mol. The van der Waals surface area contributed by atoms with Gasteiger partial charge in [0.25, 0.3) is 0 Å². The summed E-state index contributed by atoms with van der Waals surface area (Å²) in [6.07, 6.45) is 2.61. The number of amides is 1. The summed E-state index contributed by atoms with van der Waals surface area (Å²) < 4.78 is 26.9. The fourth-order valence-corrected chi connectivity index (χ4v) is 2.15. The van der Waals surface area contributed by atoms with Crippen LogP contribution < -0.4 is 5.32 Å². The molecule has 0 unspecified atom stereocenters. The molecule has 116 valence electrons. The molecular formula is C15H14ClF2N3O. The van der Waals surface area contributed by atoms with Crippen molar-refractivity contribution < 1.29 is 13.6 Å². The second kappa shape index (κ2) is 6.79. The maximum absolute atomic E-state index is 13.8. The topological polar surface area (TPSA) is 54.9 Å². The van der Waals surface area contributed by atoms with Gasteiger partial charge in [-0.2, -0.15) is 0 Å². The number of nitrogens with one attached hydrogen (secondary N) is 1. The van der Waals surface area contributed by atoms with Crippen LogP contribution in [0, 0.1) is 11.6 Å². The third-order valence-electron chi connectivity index (χ3n) is 3.03. The molecule has 0 saturated heterocycles. The van der Waals surface area contributed by atoms with Crippen LogP contribution in [0.2, 0.25) is 5.02 Å². The number of carbonyl (C=O) groups is 1. The van der Waals surface area contributed by atoms with Crippen LogP contribution in [0.1, 0.15) is 31.0 Å². The molecule has 0 bridgehead atoms. The minimum absolute atomic E-state index is 0.0202. The van der Waals surface area contributed by atoms with Crippen molar-refractivity contribution in [3.63, 3.8) is 0 Å². The van der Waals surface area contributed by atoms with Crippen LogP contribution in [-0.2, 0) is 11.2 Å². The van der Waals surface area contributed by atoms with Crippen LogP contribution in [0.15, 0.2) is 24.7 Å². The van der Waals surface area contributed by atoms with E-state index in [1.54, 1.807) is 0 Å². The Kier molecular flexibility index (Phi) is 5.03. The van der Waals surface area contributed by atoms with E-state index in [0.29, 0.717) is 11.4 Å². The molecule has 0 aliphatic rings. The molecule has 22 heavy (non-hydrogen) atoms. The molecule has 0 radical (unpaired) electrons. The zero-order valence-corrected chi connectivity index (χ0v) is 12.8. The van der Waals surface area contributed by atoms with Gasteiger partial charge in [0.1, 0.15) is 23.0 Å². The number of hydrogen-bond acceptors (Lipinski definition) is 3. The molecule has 0 fully saturated rings. The number of hydrogen-bond donors (Lipinski definition) is 1. The molecule has 0 spiro atoms. The highest BCUT2D eigenvalue weighted by Crippen LogP contribution is 2.23. The number of benzene rings is 1. The van der Waals surface area contributed by atoms with Crippen LogP contribution in [0.5, 0.6) is 0 Å². The minimum Gasteiger partial charge on any atom is -0.323 e. The fourth-order valence-electron chi connectivity index (χ4n) is 1.97. The minimum atomic E-state index is -0.926. The fraction of sp³-hybridized carbons (Fsp3) is 0.267. The standard InChI is InChI=1S/C15H14ClF2N3O/c1-8(2)15-11(6-19-7-20-15)21-12(22)5-9-3-4-10(17)13(16)14(9)18/h3-4,6-8H,5H2,1-2H3,(H,21,22). The molecule has 1 aromatic heterocycles. The Morgan fingerprint density at radius 3 is 2.77 bits per heavy atom. The van der Waals surface area contributed by atoms with Crippen molar-refractivity contribution in [2.45, 2.75) is 26.2 Å². The Hall–Kier alpha value is -2.08. The zero-order valence-electron chi connectivity index (χ0n) is 12.0. The van der Waals surface area contributed by atoms with Crippen molar-refractivity contribution in [3.8, 4) is 0 Å². The van der Waals surface area contributed by atoms with Crippen molar-refractivity contribution in [2.75, 3.05) is 5.32 Å². The summed E-state index contributed by atoms with van der Waals surface area (Å²) in [5.74, 6) is -2.15. The molecule has 1 N–H and O–H groups in total. The van der Waals surface area contributed by atoms with E-state index in [2.05, 4.69) is 15.3 Å². The molecule has 0 aliphatic heterocycles. The van der Waals surface area contributed by atoms with Crippen LogP contribution >= 0.6 is 11.6 Å². The lowest BCUT2D eigenvalue weighted by molar-refractivity contribution is -0.115. The van der Waals surface area contributed by atoms with Crippen LogP contribution in [0.3, 0.4) is 0 Å². The van der Waals surface area contributed by atoms with Crippen LogP contribution in [0.4, 0.5) is 14.5 Å². The molecular weight excluding hydrogens is 312 g/mol. The van der Waals surface area contributed by atoms with E-state index in [-0.39, 0.29) is 17.9 Å². The Morgan fingerprint density at radius 2 is 2.09 bits per heavy atom. The molecule has 4 nitrogen and oxygen atoms in total. The van der Waals surface area contributed by atoms with Crippen LogP contribution in [0.25, 0.3) is 0 Å². The van der Waals surface area contributed by atoms with Gasteiger partial charge in [-0.25, -0.2) is 18.7 Å². The van der Waals surface area contributed by atoms with Crippen molar-refractivity contribution in [3.05, 3.63) is 52.6 Å². The maximum atomic E-state index is 13.8. The second-order valence-electron chi connectivity index (χ2n) is 5.04. The van der Waals surface area contributed by atoms with Gasteiger partial charge in [-0.05, 0) is 17.5 Å². The van der Waals surface area contributed by atoms with E-state index in [0.717, 1.165) is 6.07 Å². The van der Waals surface area contributed by atoms with Gasteiger partial charge in [-0.15, -0.1) is 0 Å². The van der Waals surface area contributed by atoms with Gasteiger partial charge >= 0.3 is 0 Å². The quantitative estimate of drug-likeness (QED) is 0.872. The Bertz CT molecular complexity index is 707. The van der Waals surface area contributed by atoms with Crippen LogP contribution in [-0.4, -0.2) is 15.9 Å². The Labute approximate surface area is 131 Å². The highest BCUT2D eigenvalue weighted by molar-refractivity contribution is 6.31. The first kappa shape index (κ1) is 16.3. The summed E-state index contributed by atoms with van der Waals surface area (Å²) in [6.45, 7) is 3.86. The zero-order chi connectivity index (χ0) is 16.3. The number of nitrogens with zero attached hydrogens (tertiary/aromatic N) is 2. The molecule has 0 atom stereocenters. The van der Waals surface area contributed by atoms with E-state index < -0.39 is 22.6 Å². The van der Waals surface area contributed by atoms with Gasteiger partial charge < -0.3 is 5.32 Å². The van der Waals surface area contributed by atoms with E-state index in [4.69, 9.17) is 11.6 Å². The Balaban J connectivity index is 2.16. The van der Waals surface area contributed by atoms with E-state index >= 15 is 0 Å². The van der Waals surface area contributed by atoms with E-state index in [1.165, 1.54) is 18.6 Å². The highest BCUT2D eigenvalue weighted by atomic mass is 35.5. The third kappa shape index (κ3) is 3.57. The number of carbonyl (C=O) groups excluding carboxylic acids is 1. The van der Waals surface area contributed by atoms with Crippen molar-refractivity contribution >= 4 is 23.2 Å². The van der Waals surface area contributed by atoms with Crippen molar-refractivity contribution in [1.82, 2.24) is 9.97 Å². The first-order valence-electron chi connectivity index (χ1n) is 6.62. The predicted octanol–water partition coefficient (Wildman–Crippen LogP) is 3.71. The lowest BCUT2D eigenvalue weighted by Gasteiger charge is -2.12. The van der Waals surface area contributed by atoms with Crippen molar-refractivity contribution in [2.24, 2.45) is 0 Å². The molecule has 0 saturated carbocycles. The Morgan fingerprint density at radius 1 is 1.36 bits per heavy atom. The van der Waals surface area contributed by atoms with Crippen molar-refractivity contribution in [1.29, 1.82) is 0 Å². The average Bonchev–Trinajstić information content (AvgIpc) is 2.48. The molecule has 0 aliphatic carbocycles. The molecule has 2 rings (SSSR count). The summed E-state index contributed by atoms with van der Waals surface area (Å²) in [5, 5.41) is 2.02. The first-order valence-corrected chi connectivity index (χ1v) is 7.00. The highest BCUT2D eigenvalue weighted by Gasteiger charge is 2.16. The first-order chi connectivity index (χ1) is 10.4. The van der Waals surface area contributed by atoms with Gasteiger partial charge in [-0.3, -0.25) is 4.79 Å². The second-order valence-corrected chi connectivity index (χ2v) is 5.41. The summed E-state index contributed by atoms with van der Waals surface area (Å²) in [6, 6.07) is 2.22. The third-order valence-corrected chi connectivity index (χ3v) is 3.38. The van der Waals surface area contributed by atoms with E-state index in [1.807, 2.05) is 13.8 Å². The van der Waals surface area contributed by atoms with Gasteiger partial charge in [0.05, 0.1) is 24.0 Å². The number of anilines is 1. The SMILES string of the molecule is CC(C)c1ncncc1NC(=O)Cc1ccc(F)c(Cl)c1F. The van der Waals surface area contributed by atoms with E-state index in [9.17, 15) is 13.6 Å². The summed E-state index contributed by atoms with van der Waals surface area (Å²) in [4.78, 5) is 20.0. The average molecular weight is 326 g/mol. The lowest BCUT2D eigenvalue weighted by Crippen LogP contribution is -2.17. The maximum Gasteiger partial charge on any atom is 0.228 e. The normalized spacial score (nSPS) is 10.8. The number of rotatable bonds is 4.